The molecule has 1 unspecified atom stereocenters. The lowest BCUT2D eigenvalue weighted by atomic mass is 10.4. The van der Waals surface area contributed by atoms with E-state index in [1.807, 2.05) is 0 Å². The molecule has 0 heterocycles. The third-order valence-electron chi connectivity index (χ3n) is 1.94. The smallest absolute Gasteiger partial charge is 0.0441 e. The topological polar surface area (TPSA) is 40.9 Å². The van der Waals surface area contributed by atoms with Crippen LogP contribution in [0.25, 0.3) is 0 Å². The van der Waals surface area contributed by atoms with Gasteiger partial charge < -0.3 is 0 Å². The van der Waals surface area contributed by atoms with Gasteiger partial charge in [-0.1, -0.05) is 12.8 Å². The SMILES string of the molecule is CS(=N)(=O)C1CCCC1.Cl. The van der Waals surface area contributed by atoms with E-state index < -0.39 is 9.73 Å². The summed E-state index contributed by atoms with van der Waals surface area (Å²) in [6.07, 6.45) is 5.93. The van der Waals surface area contributed by atoms with Gasteiger partial charge in [0.05, 0.1) is 0 Å². The predicted molar refractivity (Wildman–Crippen MR) is 46.3 cm³/mol. The van der Waals surface area contributed by atoms with Gasteiger partial charge in [-0.3, -0.25) is 4.78 Å². The van der Waals surface area contributed by atoms with Crippen LogP contribution in [0, 0.1) is 4.78 Å². The van der Waals surface area contributed by atoms with Crippen LogP contribution in [0.15, 0.2) is 0 Å². The molecule has 1 fully saturated rings. The van der Waals surface area contributed by atoms with E-state index in [-0.39, 0.29) is 17.7 Å². The maximum Gasteiger partial charge on any atom is 0.0441 e. The van der Waals surface area contributed by atoms with Crippen molar-refractivity contribution in [1.29, 1.82) is 4.78 Å². The van der Waals surface area contributed by atoms with Crippen molar-refractivity contribution >= 4 is 22.1 Å². The van der Waals surface area contributed by atoms with Gasteiger partial charge in [-0.05, 0) is 12.8 Å². The molecule has 1 aliphatic carbocycles. The maximum atomic E-state index is 11.1. The van der Waals surface area contributed by atoms with Gasteiger partial charge in [0.1, 0.15) is 0 Å². The van der Waals surface area contributed by atoms with Crippen LogP contribution in [0.5, 0.6) is 0 Å². The summed E-state index contributed by atoms with van der Waals surface area (Å²) in [6, 6.07) is 0. The van der Waals surface area contributed by atoms with E-state index in [0.29, 0.717) is 0 Å². The van der Waals surface area contributed by atoms with Crippen LogP contribution in [0.3, 0.4) is 0 Å². The Balaban J connectivity index is 0.000000810. The standard InChI is InChI=1S/C6H13NOS.ClH/c1-9(7,8)6-4-2-3-5-6;/h6-7H,2-5H2,1H3;1H. The highest BCUT2D eigenvalue weighted by atomic mass is 35.5. The van der Waals surface area contributed by atoms with E-state index >= 15 is 0 Å². The lowest BCUT2D eigenvalue weighted by Gasteiger charge is -2.06. The number of nitrogens with one attached hydrogen (secondary N) is 1. The van der Waals surface area contributed by atoms with Gasteiger partial charge in [0, 0.05) is 21.2 Å². The van der Waals surface area contributed by atoms with Gasteiger partial charge in [0.25, 0.3) is 0 Å². The Bertz CT molecular complexity index is 182. The molecule has 1 saturated carbocycles. The van der Waals surface area contributed by atoms with Crippen LogP contribution >= 0.6 is 12.4 Å². The molecule has 10 heavy (non-hydrogen) atoms. The summed E-state index contributed by atoms with van der Waals surface area (Å²) >= 11 is 0. The fourth-order valence-corrected chi connectivity index (χ4v) is 2.57. The summed E-state index contributed by atoms with van der Waals surface area (Å²) < 4.78 is 18.3. The Hall–Kier alpha value is 0.240. The first-order valence-electron chi connectivity index (χ1n) is 3.33. The number of hydrogen-bond donors (Lipinski definition) is 1. The Morgan fingerprint density at radius 1 is 1.40 bits per heavy atom. The first kappa shape index (κ1) is 10.2. The Morgan fingerprint density at radius 2 is 1.80 bits per heavy atom. The second-order valence-electron chi connectivity index (χ2n) is 2.81. The first-order chi connectivity index (χ1) is 4.11. The van der Waals surface area contributed by atoms with E-state index in [9.17, 15) is 4.21 Å². The molecule has 1 aliphatic rings. The Labute approximate surface area is 68.8 Å². The molecule has 0 aromatic rings. The summed E-state index contributed by atoms with van der Waals surface area (Å²) in [5.74, 6) is 0. The van der Waals surface area contributed by atoms with E-state index in [1.165, 1.54) is 12.8 Å². The van der Waals surface area contributed by atoms with Crippen LogP contribution in [-0.2, 0) is 9.73 Å². The highest BCUT2D eigenvalue weighted by Gasteiger charge is 2.21. The quantitative estimate of drug-likeness (QED) is 0.664. The first-order valence-corrected chi connectivity index (χ1v) is 5.36. The van der Waals surface area contributed by atoms with Crippen molar-refractivity contribution in [3.05, 3.63) is 0 Å². The molecule has 62 valence electrons. The average Bonchev–Trinajstić information content (AvgIpc) is 2.08. The summed E-state index contributed by atoms with van der Waals surface area (Å²) in [5, 5.41) is 0.206. The predicted octanol–water partition coefficient (Wildman–Crippen LogP) is 2.03. The molecule has 0 aromatic carbocycles. The highest BCUT2D eigenvalue weighted by molar-refractivity contribution is 7.92. The number of hydrogen-bond acceptors (Lipinski definition) is 2. The molecule has 0 bridgehead atoms. The van der Waals surface area contributed by atoms with E-state index in [1.54, 1.807) is 6.26 Å². The molecule has 0 radical (unpaired) electrons. The molecule has 2 nitrogen and oxygen atoms in total. The van der Waals surface area contributed by atoms with Crippen molar-refractivity contribution in [2.75, 3.05) is 6.26 Å². The molecule has 0 aliphatic heterocycles. The van der Waals surface area contributed by atoms with Gasteiger partial charge in [-0.2, -0.15) is 0 Å². The van der Waals surface area contributed by atoms with Gasteiger partial charge in [0.15, 0.2) is 0 Å². The van der Waals surface area contributed by atoms with Gasteiger partial charge in [-0.15, -0.1) is 12.4 Å². The maximum absolute atomic E-state index is 11.1. The molecule has 0 amide bonds. The highest BCUT2D eigenvalue weighted by Crippen LogP contribution is 2.23. The zero-order valence-electron chi connectivity index (χ0n) is 6.13. The molecule has 4 heteroatoms. The fourth-order valence-electron chi connectivity index (χ4n) is 1.34. The van der Waals surface area contributed by atoms with Crippen molar-refractivity contribution in [1.82, 2.24) is 0 Å². The average molecular weight is 184 g/mol. The molecule has 1 N–H and O–H groups in total. The summed E-state index contributed by atoms with van der Waals surface area (Å²) in [5.41, 5.74) is 0. The van der Waals surface area contributed by atoms with E-state index in [0.717, 1.165) is 12.8 Å². The molecule has 0 spiro atoms. The van der Waals surface area contributed by atoms with E-state index in [2.05, 4.69) is 0 Å². The van der Waals surface area contributed by atoms with Gasteiger partial charge in [0.2, 0.25) is 0 Å². The largest absolute Gasteiger partial charge is 0.253 e. The van der Waals surface area contributed by atoms with Gasteiger partial charge >= 0.3 is 0 Å². The van der Waals surface area contributed by atoms with Crippen molar-refractivity contribution in [2.24, 2.45) is 0 Å². The van der Waals surface area contributed by atoms with E-state index in [4.69, 9.17) is 4.78 Å². The molecule has 1 atom stereocenters. The van der Waals surface area contributed by atoms with Crippen LogP contribution < -0.4 is 0 Å². The molecule has 0 aromatic heterocycles. The third kappa shape index (κ3) is 2.46. The van der Waals surface area contributed by atoms with Crippen LogP contribution in [-0.4, -0.2) is 15.7 Å². The summed E-state index contributed by atoms with van der Waals surface area (Å²) in [4.78, 5) is 0. The minimum atomic E-state index is -2.20. The fraction of sp³-hybridized carbons (Fsp3) is 1.00. The second-order valence-corrected chi connectivity index (χ2v) is 5.28. The minimum absolute atomic E-state index is 0. The molecule has 1 rings (SSSR count). The van der Waals surface area contributed by atoms with Crippen molar-refractivity contribution in [3.8, 4) is 0 Å². The number of rotatable bonds is 1. The second kappa shape index (κ2) is 3.58. The zero-order valence-corrected chi connectivity index (χ0v) is 7.76. The Morgan fingerprint density at radius 3 is 2.00 bits per heavy atom. The lowest BCUT2D eigenvalue weighted by molar-refractivity contribution is 0.664. The van der Waals surface area contributed by atoms with Crippen LogP contribution in [0.2, 0.25) is 0 Å². The summed E-state index contributed by atoms with van der Waals surface area (Å²) in [6.45, 7) is 0. The molecular weight excluding hydrogens is 170 g/mol. The summed E-state index contributed by atoms with van der Waals surface area (Å²) in [7, 11) is -2.20. The monoisotopic (exact) mass is 183 g/mol. The van der Waals surface area contributed by atoms with Crippen molar-refractivity contribution < 1.29 is 4.21 Å². The Kier molecular flexibility index (Phi) is 3.66. The third-order valence-corrected chi connectivity index (χ3v) is 3.68. The van der Waals surface area contributed by atoms with Gasteiger partial charge in [-0.25, -0.2) is 4.21 Å². The van der Waals surface area contributed by atoms with Crippen molar-refractivity contribution in [2.45, 2.75) is 30.9 Å². The van der Waals surface area contributed by atoms with Crippen molar-refractivity contribution in [3.63, 3.8) is 0 Å². The number of halogens is 1. The normalized spacial score (nSPS) is 25.3. The van der Waals surface area contributed by atoms with Crippen LogP contribution in [0.4, 0.5) is 0 Å². The lowest BCUT2D eigenvalue weighted by Crippen LogP contribution is -2.13. The molecule has 0 saturated heterocycles. The minimum Gasteiger partial charge on any atom is -0.253 e. The zero-order chi connectivity index (χ0) is 6.91. The van der Waals surface area contributed by atoms with Crippen LogP contribution in [0.1, 0.15) is 25.7 Å². The molecular formula is C6H14ClNOS.